The first kappa shape index (κ1) is 11.9. The van der Waals surface area contributed by atoms with Crippen molar-refractivity contribution in [2.75, 3.05) is 19.6 Å². The highest BCUT2D eigenvalue weighted by Gasteiger charge is 2.37. The number of aliphatic carboxylic acids is 1. The summed E-state index contributed by atoms with van der Waals surface area (Å²) in [6.45, 7) is 4.42. The summed E-state index contributed by atoms with van der Waals surface area (Å²) in [6, 6.07) is -0.811. The molecule has 4 N–H and O–H groups in total. The minimum Gasteiger partial charge on any atom is -0.480 e. The smallest absolute Gasteiger partial charge is 0.327 e. The number of nitrogens with two attached hydrogens (primary N) is 1. The van der Waals surface area contributed by atoms with Crippen molar-refractivity contribution in [1.29, 1.82) is 0 Å². The Kier molecular flexibility index (Phi) is 3.31. The van der Waals surface area contributed by atoms with Crippen LogP contribution in [0.2, 0.25) is 0 Å². The minimum atomic E-state index is -1.02. The van der Waals surface area contributed by atoms with E-state index in [1.54, 1.807) is 13.8 Å². The molecule has 0 bridgehead atoms. The molecule has 0 aromatic heterocycles. The molecule has 1 rings (SSSR count). The van der Waals surface area contributed by atoms with E-state index in [9.17, 15) is 9.59 Å². The van der Waals surface area contributed by atoms with Crippen molar-refractivity contribution in [3.05, 3.63) is 0 Å². The van der Waals surface area contributed by atoms with Gasteiger partial charge in [0.25, 0.3) is 0 Å². The van der Waals surface area contributed by atoms with Crippen LogP contribution in [0.15, 0.2) is 0 Å². The Morgan fingerprint density at radius 3 is 2.60 bits per heavy atom. The topological polar surface area (TPSA) is 95.7 Å². The number of carboxylic acid groups (broad SMARTS) is 1. The lowest BCUT2D eigenvalue weighted by Gasteiger charge is -2.37. The molecule has 6 nitrogen and oxygen atoms in total. The maximum atomic E-state index is 11.8. The van der Waals surface area contributed by atoms with Crippen molar-refractivity contribution in [2.24, 2.45) is 5.73 Å². The van der Waals surface area contributed by atoms with Gasteiger partial charge in [0.15, 0.2) is 0 Å². The van der Waals surface area contributed by atoms with E-state index in [2.05, 4.69) is 5.32 Å². The monoisotopic (exact) mass is 215 g/mol. The van der Waals surface area contributed by atoms with E-state index in [4.69, 9.17) is 10.8 Å². The van der Waals surface area contributed by atoms with E-state index in [0.717, 1.165) is 0 Å². The number of carbonyl (C=O) groups is 2. The Morgan fingerprint density at radius 2 is 2.13 bits per heavy atom. The van der Waals surface area contributed by atoms with Gasteiger partial charge in [0.05, 0.1) is 5.54 Å². The summed E-state index contributed by atoms with van der Waals surface area (Å²) in [4.78, 5) is 24.1. The molecule has 0 aromatic rings. The third-order valence-electron chi connectivity index (χ3n) is 2.34. The van der Waals surface area contributed by atoms with Crippen LogP contribution in [0.5, 0.6) is 0 Å². The standard InChI is InChI=1S/C9H17N3O3/c1-9(2,10)8(15)12-4-3-11-5-6(12)7(13)14/h6,11H,3-5,10H2,1-2H3,(H,13,14)/t6-/m0/s1. The van der Waals surface area contributed by atoms with Gasteiger partial charge in [-0.2, -0.15) is 0 Å². The highest BCUT2D eigenvalue weighted by Crippen LogP contribution is 2.10. The number of piperazine rings is 1. The normalized spacial score (nSPS) is 22.6. The average molecular weight is 215 g/mol. The second-order valence-corrected chi connectivity index (χ2v) is 4.28. The van der Waals surface area contributed by atoms with Crippen LogP contribution in [0.3, 0.4) is 0 Å². The van der Waals surface area contributed by atoms with E-state index in [1.165, 1.54) is 4.90 Å². The molecular weight excluding hydrogens is 198 g/mol. The van der Waals surface area contributed by atoms with E-state index >= 15 is 0 Å². The molecule has 0 spiro atoms. The molecule has 1 atom stereocenters. The van der Waals surface area contributed by atoms with E-state index < -0.39 is 17.6 Å². The van der Waals surface area contributed by atoms with Crippen molar-refractivity contribution in [3.63, 3.8) is 0 Å². The first-order valence-electron chi connectivity index (χ1n) is 4.87. The zero-order chi connectivity index (χ0) is 11.6. The molecule has 1 heterocycles. The number of hydrogen-bond acceptors (Lipinski definition) is 4. The SMILES string of the molecule is CC(C)(N)C(=O)N1CCNC[C@H]1C(=O)O. The largest absolute Gasteiger partial charge is 0.480 e. The molecule has 86 valence electrons. The molecule has 1 aliphatic heterocycles. The summed E-state index contributed by atoms with van der Waals surface area (Å²) >= 11 is 0. The first-order valence-corrected chi connectivity index (χ1v) is 4.87. The fourth-order valence-electron chi connectivity index (χ4n) is 1.54. The van der Waals surface area contributed by atoms with Gasteiger partial charge in [-0.05, 0) is 13.8 Å². The number of hydrogen-bond donors (Lipinski definition) is 3. The predicted octanol–water partition coefficient (Wildman–Crippen LogP) is -1.39. The van der Waals surface area contributed by atoms with E-state index in [1.807, 2.05) is 0 Å². The molecule has 6 heteroatoms. The van der Waals surface area contributed by atoms with Crippen LogP contribution in [0.25, 0.3) is 0 Å². The predicted molar refractivity (Wildman–Crippen MR) is 54.3 cm³/mol. The highest BCUT2D eigenvalue weighted by molar-refractivity contribution is 5.89. The first-order chi connectivity index (χ1) is 6.84. The molecule has 15 heavy (non-hydrogen) atoms. The number of carboxylic acids is 1. The van der Waals surface area contributed by atoms with Crippen molar-refractivity contribution in [3.8, 4) is 0 Å². The van der Waals surface area contributed by atoms with Crippen LogP contribution < -0.4 is 11.1 Å². The number of rotatable bonds is 2. The van der Waals surface area contributed by atoms with Crippen molar-refractivity contribution in [1.82, 2.24) is 10.2 Å². The van der Waals surface area contributed by atoms with Crippen molar-refractivity contribution < 1.29 is 14.7 Å². The fraction of sp³-hybridized carbons (Fsp3) is 0.778. The average Bonchev–Trinajstić information content (AvgIpc) is 2.15. The van der Waals surface area contributed by atoms with Crippen LogP contribution in [0.1, 0.15) is 13.8 Å². The van der Waals surface area contributed by atoms with Gasteiger partial charge in [-0.3, -0.25) is 4.79 Å². The summed E-state index contributed by atoms with van der Waals surface area (Å²) in [6.07, 6.45) is 0. The van der Waals surface area contributed by atoms with E-state index in [-0.39, 0.29) is 12.5 Å². The zero-order valence-corrected chi connectivity index (χ0v) is 8.99. The maximum absolute atomic E-state index is 11.8. The van der Waals surface area contributed by atoms with E-state index in [0.29, 0.717) is 13.1 Å². The Hall–Kier alpha value is -1.14. The van der Waals surface area contributed by atoms with Crippen LogP contribution in [-0.4, -0.2) is 53.1 Å². The molecular formula is C9H17N3O3. The van der Waals surface area contributed by atoms with Gasteiger partial charge in [-0.25, -0.2) is 4.79 Å². The van der Waals surface area contributed by atoms with Gasteiger partial charge >= 0.3 is 5.97 Å². The van der Waals surface area contributed by atoms with Crippen molar-refractivity contribution in [2.45, 2.75) is 25.4 Å². The van der Waals surface area contributed by atoms with Crippen LogP contribution >= 0.6 is 0 Å². The summed E-state index contributed by atoms with van der Waals surface area (Å²) in [5, 5.41) is 11.9. The molecule has 0 aliphatic carbocycles. The number of amides is 1. The lowest BCUT2D eigenvalue weighted by molar-refractivity contribution is -0.153. The molecule has 0 radical (unpaired) electrons. The van der Waals surface area contributed by atoms with Gasteiger partial charge in [-0.15, -0.1) is 0 Å². The third-order valence-corrected chi connectivity index (χ3v) is 2.34. The van der Waals surface area contributed by atoms with Crippen LogP contribution in [-0.2, 0) is 9.59 Å². The fourth-order valence-corrected chi connectivity index (χ4v) is 1.54. The van der Waals surface area contributed by atoms with Gasteiger partial charge < -0.3 is 21.1 Å². The summed E-state index contributed by atoms with van der Waals surface area (Å²) in [5.41, 5.74) is 4.64. The molecule has 1 aliphatic rings. The van der Waals surface area contributed by atoms with Gasteiger partial charge in [0.2, 0.25) is 5.91 Å². The van der Waals surface area contributed by atoms with Gasteiger partial charge in [-0.1, -0.05) is 0 Å². The Morgan fingerprint density at radius 1 is 1.53 bits per heavy atom. The van der Waals surface area contributed by atoms with Crippen LogP contribution in [0, 0.1) is 0 Å². The molecule has 0 aromatic carbocycles. The van der Waals surface area contributed by atoms with Gasteiger partial charge in [0, 0.05) is 19.6 Å². The third kappa shape index (κ3) is 2.66. The second kappa shape index (κ2) is 4.16. The summed E-state index contributed by atoms with van der Waals surface area (Å²) in [5.74, 6) is -1.32. The number of nitrogens with one attached hydrogen (secondary N) is 1. The Bertz CT molecular complexity index is 272. The second-order valence-electron chi connectivity index (χ2n) is 4.28. The zero-order valence-electron chi connectivity index (χ0n) is 8.99. The highest BCUT2D eigenvalue weighted by atomic mass is 16.4. The molecule has 1 fully saturated rings. The molecule has 0 unspecified atom stereocenters. The maximum Gasteiger partial charge on any atom is 0.327 e. The van der Waals surface area contributed by atoms with Crippen LogP contribution in [0.4, 0.5) is 0 Å². The Balaban J connectivity index is 2.81. The van der Waals surface area contributed by atoms with Crippen molar-refractivity contribution >= 4 is 11.9 Å². The molecule has 0 saturated carbocycles. The summed E-state index contributed by atoms with van der Waals surface area (Å²) < 4.78 is 0. The number of carbonyl (C=O) groups excluding carboxylic acids is 1. The Labute approximate surface area is 88.4 Å². The number of nitrogens with zero attached hydrogens (tertiary/aromatic N) is 1. The lowest BCUT2D eigenvalue weighted by Crippen LogP contribution is -2.62. The lowest BCUT2D eigenvalue weighted by atomic mass is 10.0. The minimum absolute atomic E-state index is 0.275. The summed E-state index contributed by atoms with van der Waals surface area (Å²) in [7, 11) is 0. The van der Waals surface area contributed by atoms with Gasteiger partial charge in [0.1, 0.15) is 6.04 Å². The molecule has 1 amide bonds. The quantitative estimate of drug-likeness (QED) is 0.527. The molecule has 1 saturated heterocycles.